The van der Waals surface area contributed by atoms with Crippen LogP contribution in [0.3, 0.4) is 0 Å². The predicted molar refractivity (Wildman–Crippen MR) is 97.0 cm³/mol. The molecule has 1 aliphatic heterocycles. The Morgan fingerprint density at radius 3 is 3.00 bits per heavy atom. The van der Waals surface area contributed by atoms with Crippen LogP contribution in [0.25, 0.3) is 5.65 Å². The number of hydrogen-bond acceptors (Lipinski definition) is 4. The molecule has 2 aliphatic rings. The third kappa shape index (κ3) is 3.18. The number of nitrogens with zero attached hydrogens (tertiary/aromatic N) is 4. The van der Waals surface area contributed by atoms with Crippen LogP contribution < -0.4 is 5.73 Å². The molecule has 3 heterocycles. The molecule has 0 bridgehead atoms. The molecule has 128 valence electrons. The molecule has 1 saturated heterocycles. The number of fused-ring (bicyclic) bond motifs is 1. The van der Waals surface area contributed by atoms with E-state index in [1.807, 2.05) is 19.1 Å². The fourth-order valence-electron chi connectivity index (χ4n) is 4.19. The van der Waals surface area contributed by atoms with Crippen LogP contribution in [0.15, 0.2) is 24.3 Å². The van der Waals surface area contributed by atoms with Crippen LogP contribution in [0.1, 0.15) is 49.4 Å². The second-order valence-electron chi connectivity index (χ2n) is 7.41. The second-order valence-corrected chi connectivity index (χ2v) is 7.41. The van der Waals surface area contributed by atoms with Gasteiger partial charge in [0.2, 0.25) is 0 Å². The molecule has 4 rings (SSSR count). The molecule has 5 heteroatoms. The maximum absolute atomic E-state index is 6.20. The summed E-state index contributed by atoms with van der Waals surface area (Å²) >= 11 is 0. The Labute approximate surface area is 143 Å². The van der Waals surface area contributed by atoms with Crippen LogP contribution in [-0.2, 0) is 0 Å². The number of aryl methyl sites for hydroxylation is 1. The molecule has 1 fully saturated rings. The summed E-state index contributed by atoms with van der Waals surface area (Å²) in [4.78, 5) is 7.49. The molecule has 5 nitrogen and oxygen atoms in total. The number of rotatable bonds is 3. The largest absolute Gasteiger partial charge is 0.384 e. The minimum absolute atomic E-state index is 0.486. The normalized spacial score (nSPS) is 25.4. The molecule has 0 saturated carbocycles. The van der Waals surface area contributed by atoms with Gasteiger partial charge in [0.25, 0.3) is 0 Å². The molecule has 1 aliphatic carbocycles. The first-order valence-corrected chi connectivity index (χ1v) is 9.19. The van der Waals surface area contributed by atoms with Gasteiger partial charge in [-0.05, 0) is 51.5 Å². The van der Waals surface area contributed by atoms with Crippen molar-refractivity contribution >= 4 is 11.5 Å². The summed E-state index contributed by atoms with van der Waals surface area (Å²) < 4.78 is 1.74. The lowest BCUT2D eigenvalue weighted by molar-refractivity contribution is 0.173. The average molecular weight is 325 g/mol. The summed E-state index contributed by atoms with van der Waals surface area (Å²) in [5.74, 6) is 2.00. The van der Waals surface area contributed by atoms with Gasteiger partial charge in [0, 0.05) is 31.1 Å². The maximum Gasteiger partial charge on any atom is 0.157 e. The van der Waals surface area contributed by atoms with E-state index >= 15 is 0 Å². The Balaban J connectivity index is 1.50. The van der Waals surface area contributed by atoms with Crippen LogP contribution in [-0.4, -0.2) is 39.1 Å². The first kappa shape index (κ1) is 15.6. The Morgan fingerprint density at radius 1 is 1.25 bits per heavy atom. The van der Waals surface area contributed by atoms with Gasteiger partial charge in [-0.1, -0.05) is 12.2 Å². The van der Waals surface area contributed by atoms with Crippen LogP contribution in [0, 0.1) is 12.8 Å². The van der Waals surface area contributed by atoms with Crippen molar-refractivity contribution in [1.82, 2.24) is 19.5 Å². The lowest BCUT2D eigenvalue weighted by Crippen LogP contribution is -2.38. The van der Waals surface area contributed by atoms with Crippen LogP contribution in [0.5, 0.6) is 0 Å². The Bertz CT molecular complexity index is 748. The average Bonchev–Trinajstić information content (AvgIpc) is 2.97. The van der Waals surface area contributed by atoms with Gasteiger partial charge < -0.3 is 10.6 Å². The van der Waals surface area contributed by atoms with Crippen molar-refractivity contribution in [3.63, 3.8) is 0 Å². The number of allylic oxidation sites excluding steroid dienone is 2. The van der Waals surface area contributed by atoms with Crippen molar-refractivity contribution in [3.8, 4) is 0 Å². The number of aromatic nitrogens is 3. The minimum atomic E-state index is 0.486. The summed E-state index contributed by atoms with van der Waals surface area (Å²) in [7, 11) is 0. The number of nitrogen functional groups attached to an aromatic ring is 1. The fourth-order valence-corrected chi connectivity index (χ4v) is 4.19. The van der Waals surface area contributed by atoms with Gasteiger partial charge in [-0.25, -0.2) is 4.98 Å². The summed E-state index contributed by atoms with van der Waals surface area (Å²) in [6.45, 7) is 5.54. The number of likely N-dealkylation sites (tertiary alicyclic amines) is 1. The third-order valence-electron chi connectivity index (χ3n) is 5.41. The zero-order valence-corrected chi connectivity index (χ0v) is 14.5. The highest BCUT2D eigenvalue weighted by atomic mass is 15.3. The molecule has 2 aromatic rings. The van der Waals surface area contributed by atoms with Crippen molar-refractivity contribution in [2.45, 2.75) is 44.9 Å². The van der Waals surface area contributed by atoms with Crippen molar-refractivity contribution in [1.29, 1.82) is 0 Å². The Kier molecular flexibility index (Phi) is 4.27. The predicted octanol–water partition coefficient (Wildman–Crippen LogP) is 3.16. The molecule has 0 spiro atoms. The third-order valence-corrected chi connectivity index (χ3v) is 5.41. The lowest BCUT2D eigenvalue weighted by Gasteiger charge is -2.35. The van der Waals surface area contributed by atoms with Gasteiger partial charge in [-0.3, -0.25) is 0 Å². The number of anilines is 1. The van der Waals surface area contributed by atoms with E-state index in [0.717, 1.165) is 29.5 Å². The summed E-state index contributed by atoms with van der Waals surface area (Å²) in [5, 5.41) is 4.40. The van der Waals surface area contributed by atoms with E-state index in [1.54, 1.807) is 4.52 Å². The van der Waals surface area contributed by atoms with Crippen LogP contribution in [0.4, 0.5) is 5.82 Å². The molecule has 0 amide bonds. The van der Waals surface area contributed by atoms with E-state index in [0.29, 0.717) is 11.7 Å². The van der Waals surface area contributed by atoms with Crippen molar-refractivity contribution in [2.75, 3.05) is 25.4 Å². The fraction of sp³-hybridized carbons (Fsp3) is 0.579. The van der Waals surface area contributed by atoms with E-state index in [-0.39, 0.29) is 0 Å². The van der Waals surface area contributed by atoms with Gasteiger partial charge in [-0.2, -0.15) is 9.61 Å². The van der Waals surface area contributed by atoms with Gasteiger partial charge in [0.05, 0.1) is 11.4 Å². The van der Waals surface area contributed by atoms with E-state index in [2.05, 4.69) is 22.2 Å². The zero-order valence-electron chi connectivity index (χ0n) is 14.5. The van der Waals surface area contributed by atoms with E-state index in [1.165, 1.54) is 45.2 Å². The molecule has 2 aromatic heterocycles. The quantitative estimate of drug-likeness (QED) is 0.881. The van der Waals surface area contributed by atoms with Crippen molar-refractivity contribution < 1.29 is 0 Å². The SMILES string of the molecule is Cc1cc2nc([C@H]3CCCN(C[C@@H]4CC=CCC4)C3)cc(N)n2n1. The summed E-state index contributed by atoms with van der Waals surface area (Å²) in [6, 6.07) is 4.03. The maximum atomic E-state index is 6.20. The molecule has 2 atom stereocenters. The number of piperidine rings is 1. The van der Waals surface area contributed by atoms with Gasteiger partial charge in [-0.15, -0.1) is 0 Å². The topological polar surface area (TPSA) is 59.5 Å². The summed E-state index contributed by atoms with van der Waals surface area (Å²) in [6.07, 6.45) is 11.0. The van der Waals surface area contributed by atoms with Crippen molar-refractivity contribution in [2.24, 2.45) is 5.92 Å². The lowest BCUT2D eigenvalue weighted by atomic mass is 9.90. The van der Waals surface area contributed by atoms with Crippen LogP contribution >= 0.6 is 0 Å². The Hall–Kier alpha value is -1.88. The smallest absolute Gasteiger partial charge is 0.157 e. The zero-order chi connectivity index (χ0) is 16.5. The van der Waals surface area contributed by atoms with Crippen LogP contribution in [0.2, 0.25) is 0 Å². The number of nitrogens with two attached hydrogens (primary N) is 1. The number of hydrogen-bond donors (Lipinski definition) is 1. The molecule has 0 aromatic carbocycles. The highest BCUT2D eigenvalue weighted by Gasteiger charge is 2.25. The van der Waals surface area contributed by atoms with Gasteiger partial charge in [0.15, 0.2) is 5.65 Å². The molecule has 24 heavy (non-hydrogen) atoms. The molecular weight excluding hydrogens is 298 g/mol. The van der Waals surface area contributed by atoms with Gasteiger partial charge in [0.1, 0.15) is 5.82 Å². The second kappa shape index (κ2) is 6.55. The highest BCUT2D eigenvalue weighted by Crippen LogP contribution is 2.29. The van der Waals surface area contributed by atoms with E-state index in [9.17, 15) is 0 Å². The van der Waals surface area contributed by atoms with Gasteiger partial charge >= 0.3 is 0 Å². The standard InChI is InChI=1S/C19H27N5/c1-14-10-19-21-17(11-18(20)24(19)22-14)16-8-5-9-23(13-16)12-15-6-3-2-4-7-15/h2-3,10-11,15-16H,4-9,12-13,20H2,1H3/t15-,16+/m1/s1. The highest BCUT2D eigenvalue weighted by molar-refractivity contribution is 5.48. The monoisotopic (exact) mass is 325 g/mol. The molecular formula is C19H27N5. The van der Waals surface area contributed by atoms with E-state index < -0.39 is 0 Å². The first-order valence-electron chi connectivity index (χ1n) is 9.19. The molecule has 2 N–H and O–H groups in total. The minimum Gasteiger partial charge on any atom is -0.384 e. The van der Waals surface area contributed by atoms with E-state index in [4.69, 9.17) is 10.7 Å². The Morgan fingerprint density at radius 2 is 2.17 bits per heavy atom. The molecule has 0 unspecified atom stereocenters. The molecule has 0 radical (unpaired) electrons. The first-order chi connectivity index (χ1) is 11.7. The van der Waals surface area contributed by atoms with Crippen molar-refractivity contribution in [3.05, 3.63) is 35.7 Å². The summed E-state index contributed by atoms with van der Waals surface area (Å²) in [5.41, 5.74) is 9.17.